The molecule has 0 radical (unpaired) electrons. The number of hydrogen-bond acceptors (Lipinski definition) is 3. The highest BCUT2D eigenvalue weighted by atomic mass is 32.2. The van der Waals surface area contributed by atoms with Crippen LogP contribution in [0.2, 0.25) is 0 Å². The van der Waals surface area contributed by atoms with Crippen LogP contribution in [0.25, 0.3) is 0 Å². The summed E-state index contributed by atoms with van der Waals surface area (Å²) in [5, 5.41) is 10.5. The fourth-order valence-electron chi connectivity index (χ4n) is 1.28. The molecule has 1 aromatic rings. The molecule has 0 aliphatic rings. The lowest BCUT2D eigenvalue weighted by molar-refractivity contribution is -0.304. The molecule has 0 aromatic heterocycles. The van der Waals surface area contributed by atoms with Gasteiger partial charge in [0.2, 0.25) is 0 Å². The van der Waals surface area contributed by atoms with E-state index in [4.69, 9.17) is 0 Å². The molecule has 1 atom stereocenters. The van der Waals surface area contributed by atoms with Gasteiger partial charge >= 0.3 is 0 Å². The highest BCUT2D eigenvalue weighted by Crippen LogP contribution is 2.25. The number of benzene rings is 1. The van der Waals surface area contributed by atoms with Gasteiger partial charge in [0, 0.05) is 10.1 Å². The van der Waals surface area contributed by atoms with Gasteiger partial charge in [-0.2, -0.15) is 0 Å². The van der Waals surface area contributed by atoms with Crippen molar-refractivity contribution >= 4 is 17.7 Å². The number of carbonyl (C=O) groups excluding carboxylic acids is 1. The third-order valence-corrected chi connectivity index (χ3v) is 3.36. The molecular formula is C12H15O2S-. The molecule has 3 heteroatoms. The molecule has 1 aromatic carbocycles. The van der Waals surface area contributed by atoms with Crippen LogP contribution in [-0.4, -0.2) is 11.2 Å². The Bertz CT molecular complexity index is 298. The monoisotopic (exact) mass is 223 g/mol. The largest absolute Gasteiger partial charge is 0.549 e. The van der Waals surface area contributed by atoms with Crippen molar-refractivity contribution in [3.8, 4) is 0 Å². The second kappa shape index (κ2) is 6.51. The highest BCUT2D eigenvalue weighted by Gasteiger charge is 2.10. The lowest BCUT2D eigenvalue weighted by Crippen LogP contribution is -2.33. The Balaban J connectivity index is 2.55. The topological polar surface area (TPSA) is 40.1 Å². The smallest absolute Gasteiger partial charge is 0.0548 e. The van der Waals surface area contributed by atoms with Crippen molar-refractivity contribution in [2.75, 3.05) is 0 Å². The van der Waals surface area contributed by atoms with E-state index in [2.05, 4.69) is 6.92 Å². The molecular weight excluding hydrogens is 208 g/mol. The van der Waals surface area contributed by atoms with E-state index in [1.807, 2.05) is 30.3 Å². The summed E-state index contributed by atoms with van der Waals surface area (Å²) in [5.74, 6) is -0.961. The number of carboxylic acid groups (broad SMARTS) is 1. The molecule has 0 amide bonds. The van der Waals surface area contributed by atoms with Crippen molar-refractivity contribution in [2.24, 2.45) is 0 Å². The standard InChI is InChI=1S/C12H16O2S/c1-2-3-9-11(12(13)14)15-10-7-5-4-6-8-10/h4-8,11H,2-3,9H2,1H3,(H,13,14)/p-1. The average Bonchev–Trinajstić information content (AvgIpc) is 2.25. The van der Waals surface area contributed by atoms with Crippen LogP contribution in [-0.2, 0) is 4.79 Å². The van der Waals surface area contributed by atoms with Gasteiger partial charge in [0.1, 0.15) is 0 Å². The summed E-state index contributed by atoms with van der Waals surface area (Å²) < 4.78 is 0. The number of thioether (sulfide) groups is 1. The summed E-state index contributed by atoms with van der Waals surface area (Å²) in [4.78, 5) is 11.9. The van der Waals surface area contributed by atoms with Crippen molar-refractivity contribution in [1.82, 2.24) is 0 Å². The van der Waals surface area contributed by atoms with Crippen LogP contribution < -0.4 is 5.11 Å². The molecule has 0 aliphatic heterocycles. The van der Waals surface area contributed by atoms with E-state index < -0.39 is 11.2 Å². The summed E-state index contributed by atoms with van der Waals surface area (Å²) in [6, 6.07) is 9.59. The number of aliphatic carboxylic acids is 1. The maximum Gasteiger partial charge on any atom is 0.0548 e. The van der Waals surface area contributed by atoms with Crippen molar-refractivity contribution in [2.45, 2.75) is 36.3 Å². The van der Waals surface area contributed by atoms with E-state index in [9.17, 15) is 9.90 Å². The Morgan fingerprint density at radius 2 is 2.07 bits per heavy atom. The van der Waals surface area contributed by atoms with E-state index in [-0.39, 0.29) is 0 Å². The summed E-state index contributed by atoms with van der Waals surface area (Å²) >= 11 is 1.37. The minimum atomic E-state index is -0.961. The van der Waals surface area contributed by atoms with Gasteiger partial charge in [0.05, 0.1) is 5.97 Å². The second-order valence-corrected chi connectivity index (χ2v) is 4.66. The number of carbonyl (C=O) groups is 1. The van der Waals surface area contributed by atoms with Crippen LogP contribution in [0.4, 0.5) is 0 Å². The highest BCUT2D eigenvalue weighted by molar-refractivity contribution is 8.00. The van der Waals surface area contributed by atoms with Gasteiger partial charge in [-0.15, -0.1) is 11.8 Å². The Kier molecular flexibility index (Phi) is 5.26. The molecule has 1 unspecified atom stereocenters. The van der Waals surface area contributed by atoms with Crippen LogP contribution in [0, 0.1) is 0 Å². The molecule has 82 valence electrons. The number of unbranched alkanes of at least 4 members (excludes halogenated alkanes) is 1. The fourth-order valence-corrected chi connectivity index (χ4v) is 2.30. The quantitative estimate of drug-likeness (QED) is 0.693. The van der Waals surface area contributed by atoms with Gasteiger partial charge in [0.15, 0.2) is 0 Å². The predicted molar refractivity (Wildman–Crippen MR) is 60.6 cm³/mol. The first-order chi connectivity index (χ1) is 7.24. The van der Waals surface area contributed by atoms with Gasteiger partial charge in [-0.25, -0.2) is 0 Å². The van der Waals surface area contributed by atoms with Gasteiger partial charge in [0.25, 0.3) is 0 Å². The minimum absolute atomic E-state index is 0.424. The Morgan fingerprint density at radius 3 is 2.60 bits per heavy atom. The van der Waals surface area contributed by atoms with Crippen LogP contribution >= 0.6 is 11.8 Å². The normalized spacial score (nSPS) is 12.3. The fraction of sp³-hybridized carbons (Fsp3) is 0.417. The van der Waals surface area contributed by atoms with Gasteiger partial charge in [-0.1, -0.05) is 38.0 Å². The first kappa shape index (κ1) is 12.1. The van der Waals surface area contributed by atoms with Gasteiger partial charge in [-0.3, -0.25) is 0 Å². The lowest BCUT2D eigenvalue weighted by Gasteiger charge is -2.16. The van der Waals surface area contributed by atoms with Crippen molar-refractivity contribution in [3.05, 3.63) is 30.3 Å². The molecule has 0 saturated carbocycles. The lowest BCUT2D eigenvalue weighted by atomic mass is 10.2. The van der Waals surface area contributed by atoms with Crippen molar-refractivity contribution in [3.63, 3.8) is 0 Å². The minimum Gasteiger partial charge on any atom is -0.549 e. The first-order valence-corrected chi connectivity index (χ1v) is 6.04. The number of carboxylic acids is 1. The zero-order valence-corrected chi connectivity index (χ0v) is 9.63. The predicted octanol–water partition coefficient (Wildman–Crippen LogP) is 2.09. The van der Waals surface area contributed by atoms with Crippen molar-refractivity contribution < 1.29 is 9.90 Å². The number of rotatable bonds is 6. The maximum absolute atomic E-state index is 10.9. The van der Waals surface area contributed by atoms with Crippen LogP contribution in [0.3, 0.4) is 0 Å². The zero-order chi connectivity index (χ0) is 11.1. The molecule has 0 fully saturated rings. The Morgan fingerprint density at radius 1 is 1.40 bits per heavy atom. The third-order valence-electron chi connectivity index (χ3n) is 2.10. The van der Waals surface area contributed by atoms with Gasteiger partial charge in [-0.05, 0) is 18.6 Å². The molecule has 0 saturated heterocycles. The molecule has 0 N–H and O–H groups in total. The SMILES string of the molecule is CCCCC(Sc1ccccc1)C(=O)[O-]. The molecule has 0 heterocycles. The molecule has 1 rings (SSSR count). The second-order valence-electron chi connectivity index (χ2n) is 3.38. The van der Waals surface area contributed by atoms with E-state index in [0.29, 0.717) is 6.42 Å². The number of hydrogen-bond donors (Lipinski definition) is 0. The third kappa shape index (κ3) is 4.38. The van der Waals surface area contributed by atoms with E-state index in [1.54, 1.807) is 0 Å². The van der Waals surface area contributed by atoms with Crippen LogP contribution in [0.15, 0.2) is 35.2 Å². The Hall–Kier alpha value is -0.960. The summed E-state index contributed by atoms with van der Waals surface area (Å²) in [7, 11) is 0. The first-order valence-electron chi connectivity index (χ1n) is 5.16. The molecule has 0 aliphatic carbocycles. The summed E-state index contributed by atoms with van der Waals surface area (Å²) in [6.45, 7) is 2.06. The van der Waals surface area contributed by atoms with Crippen LogP contribution in [0.5, 0.6) is 0 Å². The molecule has 0 spiro atoms. The Labute approximate surface area is 94.7 Å². The van der Waals surface area contributed by atoms with Gasteiger partial charge < -0.3 is 9.90 Å². The average molecular weight is 223 g/mol. The maximum atomic E-state index is 10.9. The summed E-state index contributed by atoms with van der Waals surface area (Å²) in [5.41, 5.74) is 0. The summed E-state index contributed by atoms with van der Waals surface area (Å²) in [6.07, 6.45) is 2.62. The van der Waals surface area contributed by atoms with Crippen molar-refractivity contribution in [1.29, 1.82) is 0 Å². The molecule has 2 nitrogen and oxygen atoms in total. The van der Waals surface area contributed by atoms with E-state index in [1.165, 1.54) is 11.8 Å². The van der Waals surface area contributed by atoms with Crippen LogP contribution in [0.1, 0.15) is 26.2 Å². The van der Waals surface area contributed by atoms with E-state index >= 15 is 0 Å². The zero-order valence-electron chi connectivity index (χ0n) is 8.81. The molecule has 0 bridgehead atoms. The molecule has 15 heavy (non-hydrogen) atoms. The van der Waals surface area contributed by atoms with E-state index in [0.717, 1.165) is 17.7 Å².